The molecule has 0 aliphatic carbocycles. The summed E-state index contributed by atoms with van der Waals surface area (Å²) in [6, 6.07) is 5.17. The van der Waals surface area contributed by atoms with Crippen LogP contribution in [0.25, 0.3) is 0 Å². The lowest BCUT2D eigenvalue weighted by Gasteiger charge is -2.25. The van der Waals surface area contributed by atoms with Crippen molar-refractivity contribution in [1.29, 1.82) is 0 Å². The maximum Gasteiger partial charge on any atom is 0.312 e. The molecule has 0 aromatic heterocycles. The minimum atomic E-state index is -0.937. The molecule has 1 saturated heterocycles. The summed E-state index contributed by atoms with van der Waals surface area (Å²) < 4.78 is 11.3. The van der Waals surface area contributed by atoms with Gasteiger partial charge in [-0.05, 0) is 37.1 Å². The Morgan fingerprint density at radius 2 is 2.33 bits per heavy atom. The lowest BCUT2D eigenvalue weighted by Crippen LogP contribution is -2.37. The third-order valence-electron chi connectivity index (χ3n) is 3.67. The monoisotopic (exact) mass is 294 g/mol. The Morgan fingerprint density at radius 3 is 2.90 bits per heavy atom. The normalized spacial score (nSPS) is 19.8. The Balaban J connectivity index is 2.22. The van der Waals surface area contributed by atoms with Gasteiger partial charge < -0.3 is 25.6 Å². The predicted molar refractivity (Wildman–Crippen MR) is 78.9 cm³/mol. The highest BCUT2D eigenvalue weighted by Gasteiger charge is 2.22. The standard InChI is InChI=1S/C15H22N2O4/c1-20-13-5-4-10(12(8-16)15(18)19)7-14(13)21-11-3-2-6-17-9-11/h4-5,7,11-12,17H,2-3,6,8-9,16H2,1H3,(H,18,19). The van der Waals surface area contributed by atoms with Crippen molar-refractivity contribution >= 4 is 5.97 Å². The molecule has 0 radical (unpaired) electrons. The molecule has 1 aliphatic rings. The Labute approximate surface area is 124 Å². The van der Waals surface area contributed by atoms with E-state index in [1.54, 1.807) is 25.3 Å². The first-order chi connectivity index (χ1) is 10.2. The van der Waals surface area contributed by atoms with Crippen LogP contribution >= 0.6 is 0 Å². The second-order valence-corrected chi connectivity index (χ2v) is 5.12. The largest absolute Gasteiger partial charge is 0.493 e. The van der Waals surface area contributed by atoms with Crippen LogP contribution in [0.1, 0.15) is 24.3 Å². The molecule has 1 fully saturated rings. The lowest BCUT2D eigenvalue weighted by atomic mass is 9.99. The van der Waals surface area contributed by atoms with Crippen LogP contribution < -0.4 is 20.5 Å². The van der Waals surface area contributed by atoms with Gasteiger partial charge in [-0.25, -0.2) is 0 Å². The number of nitrogens with two attached hydrogens (primary N) is 1. The quantitative estimate of drug-likeness (QED) is 0.723. The van der Waals surface area contributed by atoms with Crippen molar-refractivity contribution in [2.45, 2.75) is 24.9 Å². The number of nitrogens with one attached hydrogen (secondary N) is 1. The van der Waals surface area contributed by atoms with Crippen LogP contribution in [-0.2, 0) is 4.79 Å². The summed E-state index contributed by atoms with van der Waals surface area (Å²) in [6.45, 7) is 1.84. The first-order valence-corrected chi connectivity index (χ1v) is 7.14. The number of rotatable bonds is 6. The van der Waals surface area contributed by atoms with Crippen LogP contribution in [0.5, 0.6) is 11.5 Å². The molecule has 0 amide bonds. The van der Waals surface area contributed by atoms with Crippen LogP contribution in [0.2, 0.25) is 0 Å². The molecule has 6 heteroatoms. The van der Waals surface area contributed by atoms with Crippen molar-refractivity contribution in [2.24, 2.45) is 5.73 Å². The molecule has 116 valence electrons. The smallest absolute Gasteiger partial charge is 0.312 e. The molecule has 2 atom stereocenters. The zero-order valence-corrected chi connectivity index (χ0v) is 12.2. The van der Waals surface area contributed by atoms with Crippen molar-refractivity contribution < 1.29 is 19.4 Å². The first kappa shape index (κ1) is 15.6. The second kappa shape index (κ2) is 7.28. The number of piperidine rings is 1. The van der Waals surface area contributed by atoms with Gasteiger partial charge in [-0.3, -0.25) is 4.79 Å². The SMILES string of the molecule is COc1ccc(C(CN)C(=O)O)cc1OC1CCCNC1. The number of hydrogen-bond acceptors (Lipinski definition) is 5. The number of carbonyl (C=O) groups is 1. The molecule has 21 heavy (non-hydrogen) atoms. The number of hydrogen-bond donors (Lipinski definition) is 3. The van der Waals surface area contributed by atoms with E-state index in [1.807, 2.05) is 0 Å². The summed E-state index contributed by atoms with van der Waals surface area (Å²) in [5.74, 6) is -0.496. The highest BCUT2D eigenvalue weighted by Crippen LogP contribution is 2.32. The van der Waals surface area contributed by atoms with Gasteiger partial charge in [0.15, 0.2) is 11.5 Å². The maximum absolute atomic E-state index is 11.2. The van der Waals surface area contributed by atoms with E-state index < -0.39 is 11.9 Å². The van der Waals surface area contributed by atoms with E-state index in [0.717, 1.165) is 25.9 Å². The molecule has 0 spiro atoms. The van der Waals surface area contributed by atoms with Crippen LogP contribution in [0.3, 0.4) is 0 Å². The van der Waals surface area contributed by atoms with Crippen LogP contribution in [-0.4, -0.2) is 43.9 Å². The number of carboxylic acids is 1. The summed E-state index contributed by atoms with van der Waals surface area (Å²) in [6.07, 6.45) is 2.11. The Morgan fingerprint density at radius 1 is 1.52 bits per heavy atom. The highest BCUT2D eigenvalue weighted by atomic mass is 16.5. The zero-order valence-electron chi connectivity index (χ0n) is 12.2. The topological polar surface area (TPSA) is 93.8 Å². The average molecular weight is 294 g/mol. The van der Waals surface area contributed by atoms with Crippen LogP contribution in [0, 0.1) is 0 Å². The maximum atomic E-state index is 11.2. The third-order valence-corrected chi connectivity index (χ3v) is 3.67. The van der Waals surface area contributed by atoms with Crippen LogP contribution in [0.15, 0.2) is 18.2 Å². The summed E-state index contributed by atoms with van der Waals surface area (Å²) >= 11 is 0. The molecule has 1 aromatic carbocycles. The fourth-order valence-electron chi connectivity index (χ4n) is 2.48. The van der Waals surface area contributed by atoms with Gasteiger partial charge in [-0.15, -0.1) is 0 Å². The van der Waals surface area contributed by atoms with E-state index in [2.05, 4.69) is 5.32 Å². The van der Waals surface area contributed by atoms with E-state index >= 15 is 0 Å². The van der Waals surface area contributed by atoms with E-state index in [0.29, 0.717) is 17.1 Å². The Kier molecular flexibility index (Phi) is 5.41. The second-order valence-electron chi connectivity index (χ2n) is 5.12. The summed E-state index contributed by atoms with van der Waals surface area (Å²) in [4.78, 5) is 11.2. The van der Waals surface area contributed by atoms with Crippen LogP contribution in [0.4, 0.5) is 0 Å². The minimum absolute atomic E-state index is 0.0477. The molecule has 0 bridgehead atoms. The fourth-order valence-corrected chi connectivity index (χ4v) is 2.48. The van der Waals surface area contributed by atoms with E-state index in [9.17, 15) is 9.90 Å². The van der Waals surface area contributed by atoms with Gasteiger partial charge in [0.25, 0.3) is 0 Å². The van der Waals surface area contributed by atoms with Crippen molar-refractivity contribution in [3.8, 4) is 11.5 Å². The van der Waals surface area contributed by atoms with Crippen molar-refractivity contribution in [1.82, 2.24) is 5.32 Å². The van der Waals surface area contributed by atoms with E-state index in [-0.39, 0.29) is 12.6 Å². The van der Waals surface area contributed by atoms with Crippen molar-refractivity contribution in [3.05, 3.63) is 23.8 Å². The average Bonchev–Trinajstić information content (AvgIpc) is 2.49. The number of ether oxygens (including phenoxy) is 2. The molecule has 2 rings (SSSR count). The molecule has 1 aromatic rings. The summed E-state index contributed by atoms with van der Waals surface area (Å²) in [5, 5.41) is 12.5. The molecule has 0 saturated carbocycles. The number of carboxylic acid groups (broad SMARTS) is 1. The molecule has 6 nitrogen and oxygen atoms in total. The van der Waals surface area contributed by atoms with E-state index in [4.69, 9.17) is 15.2 Å². The van der Waals surface area contributed by atoms with Gasteiger partial charge >= 0.3 is 5.97 Å². The fraction of sp³-hybridized carbons (Fsp3) is 0.533. The zero-order chi connectivity index (χ0) is 15.2. The van der Waals surface area contributed by atoms with Crippen molar-refractivity contribution in [3.63, 3.8) is 0 Å². The minimum Gasteiger partial charge on any atom is -0.493 e. The van der Waals surface area contributed by atoms with Crippen molar-refractivity contribution in [2.75, 3.05) is 26.7 Å². The molecule has 1 aliphatic heterocycles. The number of benzene rings is 1. The first-order valence-electron chi connectivity index (χ1n) is 7.14. The molecule has 1 heterocycles. The molecule has 2 unspecified atom stereocenters. The lowest BCUT2D eigenvalue weighted by molar-refractivity contribution is -0.138. The summed E-state index contributed by atoms with van der Waals surface area (Å²) in [5.41, 5.74) is 6.18. The number of methoxy groups -OCH3 is 1. The molecular formula is C15H22N2O4. The highest BCUT2D eigenvalue weighted by molar-refractivity contribution is 5.76. The van der Waals surface area contributed by atoms with Gasteiger partial charge in [-0.2, -0.15) is 0 Å². The third kappa shape index (κ3) is 3.86. The number of aliphatic carboxylic acids is 1. The van der Waals surface area contributed by atoms with E-state index in [1.165, 1.54) is 0 Å². The Hall–Kier alpha value is -1.79. The van der Waals surface area contributed by atoms with Gasteiger partial charge in [0.05, 0.1) is 13.0 Å². The van der Waals surface area contributed by atoms with Gasteiger partial charge in [0.2, 0.25) is 0 Å². The van der Waals surface area contributed by atoms with Gasteiger partial charge in [0, 0.05) is 13.1 Å². The molecule has 4 N–H and O–H groups in total. The van der Waals surface area contributed by atoms with Gasteiger partial charge in [-0.1, -0.05) is 6.07 Å². The molecular weight excluding hydrogens is 272 g/mol. The summed E-state index contributed by atoms with van der Waals surface area (Å²) in [7, 11) is 1.57. The van der Waals surface area contributed by atoms with Gasteiger partial charge in [0.1, 0.15) is 6.10 Å². The Bertz CT molecular complexity index is 487. The predicted octanol–water partition coefficient (Wildman–Crippen LogP) is 0.953.